The highest BCUT2D eigenvalue weighted by Crippen LogP contribution is 2.09. The number of aromatic nitrogens is 3. The molecule has 3 atom stereocenters. The highest BCUT2D eigenvalue weighted by Gasteiger charge is 2.25. The van der Waals surface area contributed by atoms with Gasteiger partial charge in [-0.3, -0.25) is 0 Å². The zero-order valence-corrected chi connectivity index (χ0v) is 14.4. The second kappa shape index (κ2) is 8.95. The Morgan fingerprint density at radius 1 is 0.625 bits per heavy atom. The third kappa shape index (κ3) is 4.03. The van der Waals surface area contributed by atoms with Gasteiger partial charge in [-0.2, -0.15) is 0 Å². The summed E-state index contributed by atoms with van der Waals surface area (Å²) in [5, 5.41) is 30.3. The molecule has 0 bridgehead atoms. The van der Waals surface area contributed by atoms with Crippen molar-refractivity contribution >= 4 is 0 Å². The summed E-state index contributed by atoms with van der Waals surface area (Å²) in [6, 6.07) is 0. The van der Waals surface area contributed by atoms with E-state index < -0.39 is 35.8 Å². The molecule has 24 heavy (non-hydrogen) atoms. The Labute approximate surface area is 139 Å². The molecule has 1 aromatic rings. The van der Waals surface area contributed by atoms with Gasteiger partial charge in [0.15, 0.2) is 0 Å². The third-order valence-electron chi connectivity index (χ3n) is 3.77. The fourth-order valence-corrected chi connectivity index (χ4v) is 2.52. The number of nitrogens with zero attached hydrogens (tertiary/aromatic N) is 3. The first-order chi connectivity index (χ1) is 11.3. The topological polar surface area (TPSA) is 127 Å². The van der Waals surface area contributed by atoms with Crippen molar-refractivity contribution in [3.63, 3.8) is 0 Å². The molecule has 9 nitrogen and oxygen atoms in total. The lowest BCUT2D eigenvalue weighted by molar-refractivity contribution is 0.0317. The first-order valence-electron chi connectivity index (χ1n) is 8.35. The first kappa shape index (κ1) is 20.3. The molecule has 138 valence electrons. The second-order valence-corrected chi connectivity index (χ2v) is 5.77. The summed E-state index contributed by atoms with van der Waals surface area (Å²) in [6.07, 6.45) is -2.42. The van der Waals surface area contributed by atoms with E-state index in [1.807, 2.05) is 0 Å². The van der Waals surface area contributed by atoms with Crippen LogP contribution in [-0.4, -0.2) is 29.0 Å². The van der Waals surface area contributed by atoms with Crippen LogP contribution in [0.1, 0.15) is 78.0 Å². The van der Waals surface area contributed by atoms with Gasteiger partial charge in [0.25, 0.3) is 0 Å². The quantitative estimate of drug-likeness (QED) is 0.580. The molecule has 0 fully saturated rings. The smallest absolute Gasteiger partial charge is 0.340 e. The van der Waals surface area contributed by atoms with Gasteiger partial charge < -0.3 is 15.3 Å². The van der Waals surface area contributed by atoms with E-state index in [4.69, 9.17) is 0 Å². The summed E-state index contributed by atoms with van der Waals surface area (Å²) in [7, 11) is 0. The molecule has 0 aliphatic heterocycles. The van der Waals surface area contributed by atoms with Crippen LogP contribution < -0.4 is 17.1 Å². The minimum Gasteiger partial charge on any atom is -0.373 e. The Bertz CT molecular complexity index is 579. The van der Waals surface area contributed by atoms with Crippen molar-refractivity contribution in [2.45, 2.75) is 78.0 Å². The van der Waals surface area contributed by atoms with Crippen molar-refractivity contribution < 1.29 is 15.3 Å². The van der Waals surface area contributed by atoms with Crippen molar-refractivity contribution in [3.8, 4) is 0 Å². The van der Waals surface area contributed by atoms with Crippen LogP contribution >= 0.6 is 0 Å². The maximum atomic E-state index is 12.5. The second-order valence-electron chi connectivity index (χ2n) is 5.77. The van der Waals surface area contributed by atoms with Gasteiger partial charge >= 0.3 is 17.1 Å². The molecule has 0 aliphatic carbocycles. The van der Waals surface area contributed by atoms with Gasteiger partial charge in [-0.15, -0.1) is 0 Å². The Morgan fingerprint density at radius 3 is 1.00 bits per heavy atom. The van der Waals surface area contributed by atoms with Gasteiger partial charge in [0.05, 0.1) is 0 Å². The zero-order valence-electron chi connectivity index (χ0n) is 14.4. The van der Waals surface area contributed by atoms with Crippen LogP contribution in [0, 0.1) is 0 Å². The van der Waals surface area contributed by atoms with E-state index in [1.54, 1.807) is 20.8 Å². The van der Waals surface area contributed by atoms with Gasteiger partial charge in [0.1, 0.15) is 18.7 Å². The zero-order chi connectivity index (χ0) is 18.4. The van der Waals surface area contributed by atoms with Crippen LogP contribution in [0.3, 0.4) is 0 Å². The average Bonchev–Trinajstić information content (AvgIpc) is 2.47. The summed E-state index contributed by atoms with van der Waals surface area (Å²) < 4.78 is 1.55. The lowest BCUT2D eigenvalue weighted by Crippen LogP contribution is -2.57. The number of hydrogen-bond donors (Lipinski definition) is 3. The van der Waals surface area contributed by atoms with E-state index in [-0.39, 0.29) is 19.3 Å². The highest BCUT2D eigenvalue weighted by molar-refractivity contribution is 4.83. The number of hydrogen-bond acceptors (Lipinski definition) is 6. The lowest BCUT2D eigenvalue weighted by Gasteiger charge is -2.21. The fourth-order valence-electron chi connectivity index (χ4n) is 2.52. The minimum absolute atomic E-state index is 0.126. The van der Waals surface area contributed by atoms with Crippen LogP contribution in [0.5, 0.6) is 0 Å². The average molecular weight is 345 g/mol. The number of aliphatic hydroxyl groups is 3. The lowest BCUT2D eigenvalue weighted by atomic mass is 10.3. The van der Waals surface area contributed by atoms with Gasteiger partial charge in [0.2, 0.25) is 0 Å². The summed E-state index contributed by atoms with van der Waals surface area (Å²) >= 11 is 0. The molecule has 3 unspecified atom stereocenters. The molecule has 0 aliphatic rings. The molecule has 1 heterocycles. The van der Waals surface area contributed by atoms with Crippen molar-refractivity contribution in [1.29, 1.82) is 0 Å². The summed E-state index contributed by atoms with van der Waals surface area (Å²) in [4.78, 5) is 37.5. The molecule has 0 spiro atoms. The predicted octanol–water partition coefficient (Wildman–Crippen LogP) is 0.0447. The molecular weight excluding hydrogens is 318 g/mol. The molecule has 3 N–H and O–H groups in total. The molecule has 0 aromatic carbocycles. The van der Waals surface area contributed by atoms with Crippen molar-refractivity contribution in [1.82, 2.24) is 13.7 Å². The van der Waals surface area contributed by atoms with Crippen LogP contribution in [0.4, 0.5) is 0 Å². The van der Waals surface area contributed by atoms with Crippen molar-refractivity contribution in [3.05, 3.63) is 31.5 Å². The van der Waals surface area contributed by atoms with E-state index in [9.17, 15) is 29.7 Å². The molecule has 9 heteroatoms. The Morgan fingerprint density at radius 2 is 0.833 bits per heavy atom. The molecule has 0 saturated carbocycles. The van der Waals surface area contributed by atoms with Crippen LogP contribution in [0.25, 0.3) is 0 Å². The SMILES string of the molecule is CCCC(O)n1c(=O)n(C(O)CCC)c(=O)n(C(O)CCC)c1=O. The summed E-state index contributed by atoms with van der Waals surface area (Å²) in [5.74, 6) is 0. The summed E-state index contributed by atoms with van der Waals surface area (Å²) in [6.45, 7) is 5.29. The monoisotopic (exact) mass is 345 g/mol. The van der Waals surface area contributed by atoms with E-state index in [0.29, 0.717) is 33.0 Å². The molecule has 0 amide bonds. The maximum Gasteiger partial charge on any atom is 0.340 e. The van der Waals surface area contributed by atoms with Gasteiger partial charge in [-0.05, 0) is 19.3 Å². The molecule has 1 rings (SSSR count). The highest BCUT2D eigenvalue weighted by atomic mass is 16.3. The molecule has 1 aromatic heterocycles. The van der Waals surface area contributed by atoms with Crippen LogP contribution in [-0.2, 0) is 0 Å². The van der Waals surface area contributed by atoms with E-state index in [2.05, 4.69) is 0 Å². The Hall–Kier alpha value is -1.71. The van der Waals surface area contributed by atoms with Gasteiger partial charge in [0, 0.05) is 0 Å². The Balaban J connectivity index is 3.75. The molecule has 0 saturated heterocycles. The Kier molecular flexibility index (Phi) is 7.59. The van der Waals surface area contributed by atoms with E-state index in [1.165, 1.54) is 0 Å². The first-order valence-corrected chi connectivity index (χ1v) is 8.35. The van der Waals surface area contributed by atoms with Crippen molar-refractivity contribution in [2.24, 2.45) is 0 Å². The van der Waals surface area contributed by atoms with Crippen LogP contribution in [0.15, 0.2) is 14.4 Å². The molecule has 0 radical (unpaired) electrons. The fraction of sp³-hybridized carbons (Fsp3) is 0.800. The normalized spacial score (nSPS) is 15.2. The standard InChI is InChI=1S/C15H27N3O6/c1-4-7-10(19)16-13(22)17(11(20)8-5-2)15(24)18(14(16)23)12(21)9-6-3/h10-12,19-21H,4-9H2,1-3H3. The third-order valence-corrected chi connectivity index (χ3v) is 3.77. The minimum atomic E-state index is -1.43. The van der Waals surface area contributed by atoms with Crippen LogP contribution in [0.2, 0.25) is 0 Å². The van der Waals surface area contributed by atoms with E-state index in [0.717, 1.165) is 0 Å². The van der Waals surface area contributed by atoms with Gasteiger partial charge in [-0.25, -0.2) is 28.1 Å². The largest absolute Gasteiger partial charge is 0.373 e. The van der Waals surface area contributed by atoms with Crippen molar-refractivity contribution in [2.75, 3.05) is 0 Å². The predicted molar refractivity (Wildman–Crippen MR) is 87.7 cm³/mol. The number of aliphatic hydroxyl groups excluding tert-OH is 3. The number of rotatable bonds is 9. The van der Waals surface area contributed by atoms with Gasteiger partial charge in [-0.1, -0.05) is 40.0 Å². The van der Waals surface area contributed by atoms with E-state index >= 15 is 0 Å². The molecular formula is C15H27N3O6. The summed E-state index contributed by atoms with van der Waals surface area (Å²) in [5.41, 5.74) is -3.23. The maximum absolute atomic E-state index is 12.5.